The van der Waals surface area contributed by atoms with Crippen molar-refractivity contribution in [2.24, 2.45) is 0 Å². The summed E-state index contributed by atoms with van der Waals surface area (Å²) >= 11 is 0. The highest BCUT2D eigenvalue weighted by atomic mass is 15.1. The van der Waals surface area contributed by atoms with Gasteiger partial charge in [0.2, 0.25) is 0 Å². The van der Waals surface area contributed by atoms with Gasteiger partial charge in [-0.15, -0.1) is 0 Å². The average Bonchev–Trinajstić information content (AvgIpc) is 3.48. The molecule has 262 valence electrons. The quantitative estimate of drug-likeness (QED) is 0.164. The van der Waals surface area contributed by atoms with Crippen molar-refractivity contribution in [2.75, 3.05) is 4.90 Å². The predicted molar refractivity (Wildman–Crippen MR) is 240 cm³/mol. The van der Waals surface area contributed by atoms with Crippen molar-refractivity contribution >= 4 is 81.7 Å². The van der Waals surface area contributed by atoms with E-state index < -0.39 is 0 Å². The lowest BCUT2D eigenvalue weighted by Gasteiger charge is -2.28. The summed E-state index contributed by atoms with van der Waals surface area (Å²) < 4.78 is 0. The first kappa shape index (κ1) is 31.4. The van der Waals surface area contributed by atoms with Gasteiger partial charge < -0.3 is 4.90 Å². The van der Waals surface area contributed by atoms with E-state index in [-0.39, 0.29) is 5.41 Å². The van der Waals surface area contributed by atoms with Gasteiger partial charge in [0.05, 0.1) is 5.69 Å². The van der Waals surface area contributed by atoms with Crippen molar-refractivity contribution in [1.82, 2.24) is 0 Å². The molecule has 0 atom stereocenters. The number of hydrogen-bond donors (Lipinski definition) is 0. The van der Waals surface area contributed by atoms with E-state index >= 15 is 0 Å². The Morgan fingerprint density at radius 3 is 1.55 bits per heavy atom. The minimum Gasteiger partial charge on any atom is -0.310 e. The van der Waals surface area contributed by atoms with Crippen LogP contribution in [0.1, 0.15) is 25.0 Å². The topological polar surface area (TPSA) is 3.24 Å². The van der Waals surface area contributed by atoms with Crippen molar-refractivity contribution in [3.63, 3.8) is 0 Å². The Kier molecular flexibility index (Phi) is 6.46. The van der Waals surface area contributed by atoms with E-state index in [1.54, 1.807) is 0 Å². The number of para-hydroxylation sites is 1. The molecule has 56 heavy (non-hydrogen) atoms. The third kappa shape index (κ3) is 4.31. The molecule has 12 rings (SSSR count). The van der Waals surface area contributed by atoms with Crippen molar-refractivity contribution in [3.8, 4) is 22.3 Å². The van der Waals surface area contributed by atoms with E-state index in [2.05, 4.69) is 207 Å². The lowest BCUT2D eigenvalue weighted by Crippen LogP contribution is -2.14. The van der Waals surface area contributed by atoms with Gasteiger partial charge in [-0.05, 0) is 124 Å². The minimum atomic E-state index is -0.0392. The van der Waals surface area contributed by atoms with Crippen LogP contribution in [0.25, 0.3) is 86.9 Å². The molecule has 0 amide bonds. The molecule has 0 radical (unpaired) electrons. The predicted octanol–water partition coefficient (Wildman–Crippen LogP) is 15.5. The Morgan fingerprint density at radius 2 is 0.857 bits per heavy atom. The van der Waals surface area contributed by atoms with Crippen molar-refractivity contribution in [1.29, 1.82) is 0 Å². The van der Waals surface area contributed by atoms with Crippen molar-refractivity contribution in [3.05, 3.63) is 199 Å². The molecule has 0 saturated carbocycles. The number of rotatable bonds is 4. The lowest BCUT2D eigenvalue weighted by atomic mass is 9.81. The largest absolute Gasteiger partial charge is 0.310 e. The SMILES string of the molecule is CC1(C)c2ccccc2-c2ccc(-c3ccc(N(c4ccccc4)c4cc5cccc6c7cccc8ccc9cccc(c%10cccc4c%10c56)c9c87)cc3)cc21. The van der Waals surface area contributed by atoms with Crippen LogP contribution in [0.15, 0.2) is 188 Å². The highest BCUT2D eigenvalue weighted by molar-refractivity contribution is 6.38. The first-order valence-corrected chi connectivity index (χ1v) is 19.7. The van der Waals surface area contributed by atoms with Crippen LogP contribution in [0, 0.1) is 0 Å². The maximum atomic E-state index is 2.45. The molecule has 11 aromatic carbocycles. The van der Waals surface area contributed by atoms with Gasteiger partial charge in [0.15, 0.2) is 0 Å². The molecule has 0 aromatic heterocycles. The maximum absolute atomic E-state index is 2.45. The van der Waals surface area contributed by atoms with Crippen LogP contribution in [0.3, 0.4) is 0 Å². The zero-order valence-electron chi connectivity index (χ0n) is 31.3. The summed E-state index contributed by atoms with van der Waals surface area (Å²) in [6, 6.07) is 70.3. The smallest absolute Gasteiger partial charge is 0.0546 e. The van der Waals surface area contributed by atoms with Gasteiger partial charge in [0.1, 0.15) is 0 Å². The molecule has 0 fully saturated rings. The summed E-state index contributed by atoms with van der Waals surface area (Å²) in [6.07, 6.45) is 0. The molecule has 0 saturated heterocycles. The molecular weight excluding hydrogens is 675 g/mol. The van der Waals surface area contributed by atoms with E-state index in [0.717, 1.165) is 11.4 Å². The Labute approximate surface area is 326 Å². The molecule has 0 spiro atoms. The van der Waals surface area contributed by atoms with Gasteiger partial charge in [-0.25, -0.2) is 0 Å². The van der Waals surface area contributed by atoms with E-state index in [4.69, 9.17) is 0 Å². The Morgan fingerprint density at radius 1 is 0.339 bits per heavy atom. The molecule has 1 aliphatic rings. The molecular formula is C55H37N. The van der Waals surface area contributed by atoms with Gasteiger partial charge in [0, 0.05) is 27.6 Å². The Bertz CT molecular complexity index is 3370. The zero-order chi connectivity index (χ0) is 37.1. The summed E-state index contributed by atoms with van der Waals surface area (Å²) in [5.41, 5.74) is 11.4. The summed E-state index contributed by atoms with van der Waals surface area (Å²) in [5, 5.41) is 15.4. The van der Waals surface area contributed by atoms with Gasteiger partial charge in [-0.1, -0.05) is 166 Å². The molecule has 1 heteroatoms. The highest BCUT2D eigenvalue weighted by Crippen LogP contribution is 2.51. The fourth-order valence-electron chi connectivity index (χ4n) is 10.2. The molecule has 0 bridgehead atoms. The van der Waals surface area contributed by atoms with E-state index in [0.29, 0.717) is 0 Å². The number of benzene rings is 10. The molecule has 1 nitrogen and oxygen atoms in total. The molecule has 11 aromatic rings. The standard InChI is InChI=1S/C55H37N/c1-55(2)48-23-7-6-17-41(48)42-31-28-37(32-49(42)55)34-26-29-40(30-27-34)56(39-15-4-3-5-16-39)50-33-38-14-10-20-44-43-18-8-12-35-24-25-36-13-9-19-45(52(36)51(35)43)46-21-11-22-47(50)54(46)53(38)44/h3-33H,1-2H3. The van der Waals surface area contributed by atoms with Gasteiger partial charge >= 0.3 is 0 Å². The number of anilines is 3. The third-order valence-corrected chi connectivity index (χ3v) is 12.7. The van der Waals surface area contributed by atoms with Crippen LogP contribution in [-0.4, -0.2) is 0 Å². The first-order valence-electron chi connectivity index (χ1n) is 19.7. The number of hydrogen-bond acceptors (Lipinski definition) is 1. The summed E-state index contributed by atoms with van der Waals surface area (Å²) in [6.45, 7) is 4.71. The molecule has 1 aliphatic carbocycles. The van der Waals surface area contributed by atoms with Crippen LogP contribution in [0.2, 0.25) is 0 Å². The second-order valence-corrected chi connectivity index (χ2v) is 16.0. The summed E-state index contributed by atoms with van der Waals surface area (Å²) in [4.78, 5) is 2.45. The van der Waals surface area contributed by atoms with E-state index in [1.165, 1.54) is 104 Å². The van der Waals surface area contributed by atoms with E-state index in [9.17, 15) is 0 Å². The Balaban J connectivity index is 1.10. The van der Waals surface area contributed by atoms with Crippen LogP contribution in [0.4, 0.5) is 17.1 Å². The van der Waals surface area contributed by atoms with E-state index in [1.807, 2.05) is 0 Å². The fourth-order valence-corrected chi connectivity index (χ4v) is 10.2. The zero-order valence-corrected chi connectivity index (χ0v) is 31.3. The molecule has 0 unspecified atom stereocenters. The van der Waals surface area contributed by atoms with Crippen molar-refractivity contribution in [2.45, 2.75) is 19.3 Å². The Hall–Kier alpha value is -6.96. The average molecular weight is 712 g/mol. The maximum Gasteiger partial charge on any atom is 0.0546 e. The van der Waals surface area contributed by atoms with Crippen LogP contribution >= 0.6 is 0 Å². The molecule has 0 aliphatic heterocycles. The highest BCUT2D eigenvalue weighted by Gasteiger charge is 2.35. The fraction of sp³-hybridized carbons (Fsp3) is 0.0545. The van der Waals surface area contributed by atoms with Crippen LogP contribution in [0.5, 0.6) is 0 Å². The monoisotopic (exact) mass is 711 g/mol. The normalized spacial score (nSPS) is 13.3. The third-order valence-electron chi connectivity index (χ3n) is 12.7. The molecule has 0 heterocycles. The summed E-state index contributed by atoms with van der Waals surface area (Å²) in [5.74, 6) is 0. The van der Waals surface area contributed by atoms with Crippen LogP contribution < -0.4 is 4.90 Å². The lowest BCUT2D eigenvalue weighted by molar-refractivity contribution is 0.660. The van der Waals surface area contributed by atoms with Crippen molar-refractivity contribution < 1.29 is 0 Å². The second kappa shape index (κ2) is 11.5. The number of nitrogens with zero attached hydrogens (tertiary/aromatic N) is 1. The minimum absolute atomic E-state index is 0.0392. The molecule has 0 N–H and O–H groups in total. The first-order chi connectivity index (χ1) is 27.5. The second-order valence-electron chi connectivity index (χ2n) is 16.0. The van der Waals surface area contributed by atoms with Gasteiger partial charge in [-0.3, -0.25) is 0 Å². The van der Waals surface area contributed by atoms with Gasteiger partial charge in [0.25, 0.3) is 0 Å². The van der Waals surface area contributed by atoms with Gasteiger partial charge in [-0.2, -0.15) is 0 Å². The van der Waals surface area contributed by atoms with Crippen LogP contribution in [-0.2, 0) is 5.41 Å². The summed E-state index contributed by atoms with van der Waals surface area (Å²) in [7, 11) is 0. The number of fused-ring (bicyclic) bond motifs is 5.